The van der Waals surface area contributed by atoms with E-state index in [-0.39, 0.29) is 0 Å². The molecule has 0 saturated heterocycles. The molecule has 1 aromatic carbocycles. The van der Waals surface area contributed by atoms with E-state index in [1.54, 1.807) is 17.6 Å². The summed E-state index contributed by atoms with van der Waals surface area (Å²) in [5.74, 6) is 2.61. The van der Waals surface area contributed by atoms with Gasteiger partial charge in [0.25, 0.3) is 0 Å². The van der Waals surface area contributed by atoms with Crippen LogP contribution in [0.4, 0.5) is 5.82 Å². The van der Waals surface area contributed by atoms with Gasteiger partial charge >= 0.3 is 0 Å². The van der Waals surface area contributed by atoms with Gasteiger partial charge in [0.15, 0.2) is 0 Å². The first kappa shape index (κ1) is 15.8. The number of nitrogens with one attached hydrogen (secondary N) is 1. The third kappa shape index (κ3) is 3.28. The van der Waals surface area contributed by atoms with Gasteiger partial charge in [-0.25, -0.2) is 9.97 Å². The Bertz CT molecular complexity index is 991. The number of nitrogens with zero attached hydrogens (tertiary/aromatic N) is 2. The third-order valence-corrected chi connectivity index (χ3v) is 5.39. The molecule has 0 radical (unpaired) electrons. The number of hydrogen-bond acceptors (Lipinski definition) is 5. The minimum Gasteiger partial charge on any atom is -0.467 e. The smallest absolute Gasteiger partial charge is 0.139 e. The summed E-state index contributed by atoms with van der Waals surface area (Å²) >= 11 is 1.73. The van der Waals surface area contributed by atoms with E-state index in [0.717, 1.165) is 34.0 Å². The quantitative estimate of drug-likeness (QED) is 0.544. The fraction of sp³-hybridized carbons (Fsp3) is 0.200. The Balaban J connectivity index is 1.72. The number of aryl methyl sites for hydroxylation is 2. The fourth-order valence-electron chi connectivity index (χ4n) is 2.86. The topological polar surface area (TPSA) is 51.0 Å². The van der Waals surface area contributed by atoms with Gasteiger partial charge in [-0.15, -0.1) is 11.3 Å². The van der Waals surface area contributed by atoms with Crippen LogP contribution in [0, 0.1) is 13.8 Å². The van der Waals surface area contributed by atoms with Crippen LogP contribution in [0.1, 0.15) is 27.6 Å². The van der Waals surface area contributed by atoms with Crippen molar-refractivity contribution < 1.29 is 4.42 Å². The maximum Gasteiger partial charge on any atom is 0.139 e. The maximum atomic E-state index is 5.43. The molecule has 0 saturated carbocycles. The molecule has 126 valence electrons. The summed E-state index contributed by atoms with van der Waals surface area (Å²) in [6.07, 6.45) is 2.41. The van der Waals surface area contributed by atoms with E-state index in [4.69, 9.17) is 14.4 Å². The van der Waals surface area contributed by atoms with Crippen LogP contribution in [0.2, 0.25) is 0 Å². The highest BCUT2D eigenvalue weighted by Gasteiger charge is 2.15. The van der Waals surface area contributed by atoms with Crippen LogP contribution in [0.15, 0.2) is 53.1 Å². The average molecular weight is 349 g/mol. The van der Waals surface area contributed by atoms with Gasteiger partial charge in [0.1, 0.15) is 22.2 Å². The maximum absolute atomic E-state index is 5.43. The van der Waals surface area contributed by atoms with Gasteiger partial charge in [-0.2, -0.15) is 0 Å². The number of anilines is 1. The SMILES string of the molecule is Cc1sc2nc(Cc3ccccc3)nc(NCc3ccco3)c2c1C. The van der Waals surface area contributed by atoms with Gasteiger partial charge in [-0.1, -0.05) is 30.3 Å². The molecule has 25 heavy (non-hydrogen) atoms. The number of fused-ring (bicyclic) bond motifs is 1. The molecular weight excluding hydrogens is 330 g/mol. The number of furan rings is 1. The minimum atomic E-state index is 0.609. The zero-order valence-electron chi connectivity index (χ0n) is 14.2. The summed E-state index contributed by atoms with van der Waals surface area (Å²) < 4.78 is 5.43. The van der Waals surface area contributed by atoms with Crippen LogP contribution in [0.3, 0.4) is 0 Å². The molecular formula is C20H19N3OS. The molecule has 0 aliphatic heterocycles. The van der Waals surface area contributed by atoms with Crippen molar-refractivity contribution in [3.8, 4) is 0 Å². The third-order valence-electron chi connectivity index (χ3n) is 4.29. The van der Waals surface area contributed by atoms with Crippen LogP contribution in [-0.4, -0.2) is 9.97 Å². The Labute approximate surface area is 150 Å². The van der Waals surface area contributed by atoms with Crippen molar-refractivity contribution in [2.75, 3.05) is 5.32 Å². The van der Waals surface area contributed by atoms with Gasteiger partial charge in [0.2, 0.25) is 0 Å². The lowest BCUT2D eigenvalue weighted by molar-refractivity contribution is 0.518. The first-order valence-electron chi connectivity index (χ1n) is 8.27. The molecule has 3 heterocycles. The molecule has 0 atom stereocenters. The largest absolute Gasteiger partial charge is 0.467 e. The Hall–Kier alpha value is -2.66. The fourth-order valence-corrected chi connectivity index (χ4v) is 3.91. The van der Waals surface area contributed by atoms with Gasteiger partial charge in [-0.05, 0) is 37.1 Å². The van der Waals surface area contributed by atoms with Gasteiger partial charge in [0, 0.05) is 11.3 Å². The second-order valence-electron chi connectivity index (χ2n) is 6.05. The highest BCUT2D eigenvalue weighted by Crippen LogP contribution is 2.33. The van der Waals surface area contributed by atoms with Gasteiger partial charge < -0.3 is 9.73 Å². The van der Waals surface area contributed by atoms with Crippen LogP contribution in [-0.2, 0) is 13.0 Å². The van der Waals surface area contributed by atoms with Crippen molar-refractivity contribution in [3.63, 3.8) is 0 Å². The molecule has 0 aliphatic rings. The van der Waals surface area contributed by atoms with Crippen molar-refractivity contribution in [2.45, 2.75) is 26.8 Å². The normalized spacial score (nSPS) is 11.1. The molecule has 4 rings (SSSR count). The second kappa shape index (κ2) is 6.69. The zero-order valence-corrected chi connectivity index (χ0v) is 15.1. The molecule has 0 aliphatic carbocycles. The van der Waals surface area contributed by atoms with Crippen molar-refractivity contribution in [1.29, 1.82) is 0 Å². The van der Waals surface area contributed by atoms with E-state index in [1.165, 1.54) is 16.0 Å². The lowest BCUT2D eigenvalue weighted by atomic mass is 10.1. The number of thiophene rings is 1. The molecule has 4 aromatic rings. The van der Waals surface area contributed by atoms with Crippen LogP contribution in [0.25, 0.3) is 10.2 Å². The van der Waals surface area contributed by atoms with Crippen LogP contribution < -0.4 is 5.32 Å². The molecule has 0 unspecified atom stereocenters. The Kier molecular flexibility index (Phi) is 4.24. The molecule has 0 fully saturated rings. The van der Waals surface area contributed by atoms with E-state index in [9.17, 15) is 0 Å². The molecule has 5 heteroatoms. The van der Waals surface area contributed by atoms with E-state index in [2.05, 4.69) is 31.3 Å². The summed E-state index contributed by atoms with van der Waals surface area (Å²) in [4.78, 5) is 11.9. The predicted octanol–water partition coefficient (Wildman–Crippen LogP) is 5.10. The molecule has 4 nitrogen and oxygen atoms in total. The number of aromatic nitrogens is 2. The summed E-state index contributed by atoms with van der Waals surface area (Å²) in [6, 6.07) is 14.2. The number of hydrogen-bond donors (Lipinski definition) is 1. The summed E-state index contributed by atoms with van der Waals surface area (Å²) in [5.41, 5.74) is 2.46. The second-order valence-corrected chi connectivity index (χ2v) is 7.25. The minimum absolute atomic E-state index is 0.609. The molecule has 0 amide bonds. The number of rotatable bonds is 5. The Morgan fingerprint density at radius 1 is 1.04 bits per heavy atom. The van der Waals surface area contributed by atoms with E-state index in [1.807, 2.05) is 30.3 Å². The molecule has 0 bridgehead atoms. The van der Waals surface area contributed by atoms with Crippen molar-refractivity contribution in [1.82, 2.24) is 9.97 Å². The first-order chi connectivity index (χ1) is 12.2. The van der Waals surface area contributed by atoms with E-state index < -0.39 is 0 Å². The van der Waals surface area contributed by atoms with E-state index in [0.29, 0.717) is 6.54 Å². The van der Waals surface area contributed by atoms with Crippen molar-refractivity contribution >= 4 is 27.4 Å². The predicted molar refractivity (Wildman–Crippen MR) is 102 cm³/mol. The van der Waals surface area contributed by atoms with Gasteiger partial charge in [-0.3, -0.25) is 0 Å². The van der Waals surface area contributed by atoms with Crippen LogP contribution >= 0.6 is 11.3 Å². The van der Waals surface area contributed by atoms with Gasteiger partial charge in [0.05, 0.1) is 18.2 Å². The Morgan fingerprint density at radius 2 is 1.88 bits per heavy atom. The zero-order chi connectivity index (χ0) is 17.2. The van der Waals surface area contributed by atoms with E-state index >= 15 is 0 Å². The van der Waals surface area contributed by atoms with Crippen LogP contribution in [0.5, 0.6) is 0 Å². The summed E-state index contributed by atoms with van der Waals surface area (Å²) in [7, 11) is 0. The average Bonchev–Trinajstić information content (AvgIpc) is 3.22. The Morgan fingerprint density at radius 3 is 2.64 bits per heavy atom. The molecule has 1 N–H and O–H groups in total. The molecule has 3 aromatic heterocycles. The lowest BCUT2D eigenvalue weighted by Gasteiger charge is -2.09. The standard InChI is InChI=1S/C20H19N3OS/c1-13-14(2)25-20-18(13)19(21-12-16-9-6-10-24-16)22-17(23-20)11-15-7-4-3-5-8-15/h3-10H,11-12H2,1-2H3,(H,21,22,23). The summed E-state index contributed by atoms with van der Waals surface area (Å²) in [5, 5.41) is 4.55. The van der Waals surface area contributed by atoms with Crippen molar-refractivity contribution in [3.05, 3.63) is 76.3 Å². The first-order valence-corrected chi connectivity index (χ1v) is 9.09. The lowest BCUT2D eigenvalue weighted by Crippen LogP contribution is -2.05. The highest BCUT2D eigenvalue weighted by atomic mass is 32.1. The summed E-state index contributed by atoms with van der Waals surface area (Å²) in [6.45, 7) is 4.87. The number of benzene rings is 1. The highest BCUT2D eigenvalue weighted by molar-refractivity contribution is 7.18. The molecule has 0 spiro atoms. The van der Waals surface area contributed by atoms with Crippen molar-refractivity contribution in [2.24, 2.45) is 0 Å². The monoisotopic (exact) mass is 349 g/mol.